The molecule has 0 radical (unpaired) electrons. The van der Waals surface area contributed by atoms with Gasteiger partial charge in [-0.3, -0.25) is 4.57 Å². The van der Waals surface area contributed by atoms with Crippen LogP contribution in [0, 0.1) is 0 Å². The van der Waals surface area contributed by atoms with Crippen molar-refractivity contribution in [2.24, 2.45) is 0 Å². The molecule has 0 fully saturated rings. The predicted molar refractivity (Wildman–Crippen MR) is 148 cm³/mol. The summed E-state index contributed by atoms with van der Waals surface area (Å²) in [7, 11) is 0. The summed E-state index contributed by atoms with van der Waals surface area (Å²) in [6, 6.07) is 41.6. The van der Waals surface area contributed by atoms with Gasteiger partial charge >= 0.3 is 0 Å². The van der Waals surface area contributed by atoms with Crippen molar-refractivity contribution in [1.29, 1.82) is 0 Å². The molecule has 0 N–H and O–H groups in total. The molecule has 1 heterocycles. The van der Waals surface area contributed by atoms with E-state index < -0.39 is 0 Å². The first-order chi connectivity index (χ1) is 17.3. The van der Waals surface area contributed by atoms with Crippen molar-refractivity contribution in [2.75, 3.05) is 0 Å². The van der Waals surface area contributed by atoms with Gasteiger partial charge in [0, 0.05) is 12.1 Å². The summed E-state index contributed by atoms with van der Waals surface area (Å²) in [6.45, 7) is 2.17. The maximum Gasteiger partial charge on any atom is 0.114 e. The molecule has 2 heteroatoms. The Kier molecular flexibility index (Phi) is 4.46. The maximum absolute atomic E-state index is 4.86. The van der Waals surface area contributed by atoms with Crippen LogP contribution in [0.3, 0.4) is 0 Å². The minimum atomic E-state index is 0.887. The molecule has 0 amide bonds. The Balaban J connectivity index is 1.48. The zero-order valence-electron chi connectivity index (χ0n) is 19.6. The third-order valence-corrected chi connectivity index (χ3v) is 7.13. The van der Waals surface area contributed by atoms with Crippen molar-refractivity contribution in [3.05, 3.63) is 121 Å². The molecular formula is C33H24N2. The van der Waals surface area contributed by atoms with Gasteiger partial charge < -0.3 is 0 Å². The molecule has 0 aliphatic heterocycles. The van der Waals surface area contributed by atoms with Gasteiger partial charge in [-0.05, 0) is 73.8 Å². The fourth-order valence-corrected chi connectivity index (χ4v) is 5.50. The number of aryl methyl sites for hydroxylation is 1. The molecule has 35 heavy (non-hydrogen) atoms. The highest BCUT2D eigenvalue weighted by atomic mass is 15.1. The molecule has 1 aromatic heterocycles. The third-order valence-electron chi connectivity index (χ3n) is 7.13. The first-order valence-electron chi connectivity index (χ1n) is 12.2. The molecule has 0 atom stereocenters. The van der Waals surface area contributed by atoms with Crippen LogP contribution in [0.4, 0.5) is 0 Å². The van der Waals surface area contributed by atoms with Gasteiger partial charge in [-0.1, -0.05) is 91.9 Å². The average molecular weight is 449 g/mol. The number of fused-ring (bicyclic) bond motifs is 6. The SMILES string of the molecule is CCc1nc2ccccc2n1-c1ccc(-c2cc3ccccc3c3ccc4ccccc4c23)cc1. The van der Waals surface area contributed by atoms with Gasteiger partial charge in [0.05, 0.1) is 11.0 Å². The lowest BCUT2D eigenvalue weighted by atomic mass is 9.90. The van der Waals surface area contributed by atoms with Crippen LogP contribution < -0.4 is 0 Å². The van der Waals surface area contributed by atoms with E-state index in [0.29, 0.717) is 0 Å². The Bertz CT molecular complexity index is 1870. The zero-order valence-corrected chi connectivity index (χ0v) is 19.6. The van der Waals surface area contributed by atoms with E-state index in [1.54, 1.807) is 0 Å². The van der Waals surface area contributed by atoms with E-state index in [-0.39, 0.29) is 0 Å². The van der Waals surface area contributed by atoms with Crippen molar-refractivity contribution < 1.29 is 0 Å². The highest BCUT2D eigenvalue weighted by molar-refractivity contribution is 6.22. The largest absolute Gasteiger partial charge is 0.296 e. The average Bonchev–Trinajstić information content (AvgIpc) is 3.31. The number of aromatic nitrogens is 2. The predicted octanol–water partition coefficient (Wildman–Crippen LogP) is 8.71. The zero-order chi connectivity index (χ0) is 23.4. The second-order valence-electron chi connectivity index (χ2n) is 9.11. The van der Waals surface area contributed by atoms with Crippen LogP contribution in [0.5, 0.6) is 0 Å². The second-order valence-corrected chi connectivity index (χ2v) is 9.11. The molecule has 0 bridgehead atoms. The second kappa shape index (κ2) is 7.82. The van der Waals surface area contributed by atoms with E-state index in [2.05, 4.69) is 127 Å². The van der Waals surface area contributed by atoms with Crippen molar-refractivity contribution in [3.63, 3.8) is 0 Å². The standard InChI is InChI=1S/C33H24N2/c1-2-32-34-30-13-7-8-14-31(30)35(32)25-18-15-23(16-19-25)29-21-24-10-4-5-11-26(24)28-20-17-22-9-3-6-12-27(22)33(28)29/h3-21H,2H2,1H3. The van der Waals surface area contributed by atoms with E-state index in [4.69, 9.17) is 4.98 Å². The topological polar surface area (TPSA) is 17.8 Å². The quantitative estimate of drug-likeness (QED) is 0.247. The molecule has 7 rings (SSSR count). The molecular weight excluding hydrogens is 424 g/mol. The molecule has 0 aliphatic rings. The lowest BCUT2D eigenvalue weighted by Gasteiger charge is -2.15. The lowest BCUT2D eigenvalue weighted by Crippen LogP contribution is -1.99. The van der Waals surface area contributed by atoms with E-state index in [9.17, 15) is 0 Å². The molecule has 0 spiro atoms. The first-order valence-corrected chi connectivity index (χ1v) is 12.2. The van der Waals surface area contributed by atoms with Crippen LogP contribution in [0.1, 0.15) is 12.7 Å². The normalized spacial score (nSPS) is 11.7. The number of imidazole rings is 1. The van der Waals surface area contributed by atoms with Crippen LogP contribution in [-0.2, 0) is 6.42 Å². The molecule has 166 valence electrons. The molecule has 7 aromatic rings. The number of nitrogens with zero attached hydrogens (tertiary/aromatic N) is 2. The maximum atomic E-state index is 4.86. The number of rotatable bonds is 3. The van der Waals surface area contributed by atoms with E-state index >= 15 is 0 Å². The Morgan fingerprint density at radius 1 is 0.629 bits per heavy atom. The van der Waals surface area contributed by atoms with Crippen LogP contribution in [0.2, 0.25) is 0 Å². The van der Waals surface area contributed by atoms with Crippen LogP contribution in [-0.4, -0.2) is 9.55 Å². The number of hydrogen-bond acceptors (Lipinski definition) is 1. The van der Waals surface area contributed by atoms with E-state index in [1.165, 1.54) is 43.4 Å². The van der Waals surface area contributed by atoms with Gasteiger partial charge in [0.2, 0.25) is 0 Å². The van der Waals surface area contributed by atoms with E-state index in [0.717, 1.165) is 29.0 Å². The van der Waals surface area contributed by atoms with Crippen LogP contribution >= 0.6 is 0 Å². The smallest absolute Gasteiger partial charge is 0.114 e. The van der Waals surface area contributed by atoms with Gasteiger partial charge in [-0.15, -0.1) is 0 Å². The van der Waals surface area contributed by atoms with Gasteiger partial charge in [-0.25, -0.2) is 4.98 Å². The summed E-state index contributed by atoms with van der Waals surface area (Å²) in [4.78, 5) is 4.86. The van der Waals surface area contributed by atoms with Crippen molar-refractivity contribution in [3.8, 4) is 16.8 Å². The molecule has 0 saturated carbocycles. The Labute approximate surface area is 204 Å². The Morgan fingerprint density at radius 3 is 2.17 bits per heavy atom. The van der Waals surface area contributed by atoms with Gasteiger partial charge in [-0.2, -0.15) is 0 Å². The highest BCUT2D eigenvalue weighted by Crippen LogP contribution is 2.39. The first kappa shape index (κ1) is 20.0. The summed E-state index contributed by atoms with van der Waals surface area (Å²) >= 11 is 0. The van der Waals surface area contributed by atoms with Gasteiger partial charge in [0.1, 0.15) is 5.82 Å². The lowest BCUT2D eigenvalue weighted by molar-refractivity contribution is 0.908. The number of hydrogen-bond donors (Lipinski definition) is 0. The Morgan fingerprint density at radius 2 is 1.34 bits per heavy atom. The number of para-hydroxylation sites is 2. The van der Waals surface area contributed by atoms with Crippen molar-refractivity contribution >= 4 is 43.4 Å². The van der Waals surface area contributed by atoms with Crippen molar-refractivity contribution in [1.82, 2.24) is 9.55 Å². The monoisotopic (exact) mass is 448 g/mol. The summed E-state index contributed by atoms with van der Waals surface area (Å²) in [5.41, 5.74) is 5.84. The summed E-state index contributed by atoms with van der Waals surface area (Å²) in [6.07, 6.45) is 0.887. The molecule has 0 saturated heterocycles. The van der Waals surface area contributed by atoms with Gasteiger partial charge in [0.15, 0.2) is 0 Å². The third kappa shape index (κ3) is 3.07. The highest BCUT2D eigenvalue weighted by Gasteiger charge is 2.14. The van der Waals surface area contributed by atoms with Crippen molar-refractivity contribution in [2.45, 2.75) is 13.3 Å². The summed E-state index contributed by atoms with van der Waals surface area (Å²) in [5.74, 6) is 1.08. The fraction of sp³-hybridized carbons (Fsp3) is 0.0606. The minimum absolute atomic E-state index is 0.887. The minimum Gasteiger partial charge on any atom is -0.296 e. The Hall–Kier alpha value is -4.43. The molecule has 0 aliphatic carbocycles. The molecule has 2 nitrogen and oxygen atoms in total. The van der Waals surface area contributed by atoms with Crippen LogP contribution in [0.25, 0.3) is 60.2 Å². The van der Waals surface area contributed by atoms with E-state index in [1.807, 2.05) is 0 Å². The summed E-state index contributed by atoms with van der Waals surface area (Å²) < 4.78 is 2.28. The fourth-order valence-electron chi connectivity index (χ4n) is 5.50. The summed E-state index contributed by atoms with van der Waals surface area (Å²) in [5, 5.41) is 7.75. The van der Waals surface area contributed by atoms with Gasteiger partial charge in [0.25, 0.3) is 0 Å². The van der Waals surface area contributed by atoms with Crippen LogP contribution in [0.15, 0.2) is 115 Å². The molecule has 0 unspecified atom stereocenters. The number of benzene rings is 6. The molecule has 6 aromatic carbocycles.